The van der Waals surface area contributed by atoms with Crippen LogP contribution in [0.3, 0.4) is 0 Å². The van der Waals surface area contributed by atoms with Crippen molar-refractivity contribution in [3.8, 4) is 5.69 Å². The number of rotatable bonds is 6. The molecule has 1 saturated heterocycles. The minimum absolute atomic E-state index is 0.0693. The maximum atomic E-state index is 13.3. The number of carbonyl (C=O) groups is 2. The number of thiophene rings is 1. The Morgan fingerprint density at radius 3 is 2.39 bits per heavy atom. The molecule has 0 bridgehead atoms. The van der Waals surface area contributed by atoms with Crippen LogP contribution in [-0.4, -0.2) is 58.8 Å². The highest BCUT2D eigenvalue weighted by molar-refractivity contribution is 7.10. The van der Waals surface area contributed by atoms with Crippen molar-refractivity contribution in [2.24, 2.45) is 0 Å². The second-order valence-electron chi connectivity index (χ2n) is 7.93. The Labute approximate surface area is 185 Å². The van der Waals surface area contributed by atoms with Crippen molar-refractivity contribution < 1.29 is 14.0 Å². The molecule has 0 spiro atoms. The zero-order valence-corrected chi connectivity index (χ0v) is 18.6. The van der Waals surface area contributed by atoms with Crippen LogP contribution in [0.1, 0.15) is 26.6 Å². The molecule has 1 fully saturated rings. The minimum Gasteiger partial charge on any atom is -0.340 e. The van der Waals surface area contributed by atoms with E-state index in [-0.39, 0.29) is 17.5 Å². The summed E-state index contributed by atoms with van der Waals surface area (Å²) in [6.45, 7) is 6.88. The molecule has 3 aromatic rings. The van der Waals surface area contributed by atoms with Gasteiger partial charge in [0.25, 0.3) is 0 Å². The molecular formula is C24H26FN3O2S. The minimum atomic E-state index is -0.282. The van der Waals surface area contributed by atoms with Crippen LogP contribution < -0.4 is 0 Å². The molecule has 1 aliphatic heterocycles. The number of carbonyl (C=O) groups excluding carboxylic acids is 2. The molecule has 162 valence electrons. The second kappa shape index (κ2) is 9.16. The molecule has 0 N–H and O–H groups in total. The second-order valence-corrected chi connectivity index (χ2v) is 8.97. The fourth-order valence-electron chi connectivity index (χ4n) is 4.15. The Hall–Kier alpha value is -2.77. The van der Waals surface area contributed by atoms with Gasteiger partial charge in [0, 0.05) is 53.7 Å². The van der Waals surface area contributed by atoms with Crippen molar-refractivity contribution in [2.75, 3.05) is 32.7 Å². The van der Waals surface area contributed by atoms with Crippen LogP contribution in [0, 0.1) is 19.7 Å². The summed E-state index contributed by atoms with van der Waals surface area (Å²) in [5.41, 5.74) is 3.33. The van der Waals surface area contributed by atoms with E-state index in [9.17, 15) is 14.0 Å². The van der Waals surface area contributed by atoms with E-state index in [1.165, 1.54) is 12.1 Å². The number of ketones is 1. The molecule has 0 saturated carbocycles. The summed E-state index contributed by atoms with van der Waals surface area (Å²) in [7, 11) is 0. The zero-order valence-electron chi connectivity index (χ0n) is 17.8. The lowest BCUT2D eigenvalue weighted by Crippen LogP contribution is -2.50. The van der Waals surface area contributed by atoms with E-state index in [1.807, 2.05) is 46.9 Å². The van der Waals surface area contributed by atoms with Crippen molar-refractivity contribution in [1.82, 2.24) is 14.4 Å². The molecule has 3 heterocycles. The van der Waals surface area contributed by atoms with Crippen LogP contribution in [-0.2, 0) is 11.2 Å². The van der Waals surface area contributed by atoms with Crippen LogP contribution in [0.2, 0.25) is 0 Å². The maximum absolute atomic E-state index is 13.3. The third kappa shape index (κ3) is 4.78. The number of amides is 1. The van der Waals surface area contributed by atoms with Crippen LogP contribution in [0.4, 0.5) is 4.39 Å². The predicted molar refractivity (Wildman–Crippen MR) is 121 cm³/mol. The molecule has 1 amide bonds. The Bertz CT molecular complexity index is 1070. The van der Waals surface area contributed by atoms with E-state index >= 15 is 0 Å². The highest BCUT2D eigenvalue weighted by Gasteiger charge is 2.24. The Kier molecular flexibility index (Phi) is 6.34. The van der Waals surface area contributed by atoms with E-state index in [0.29, 0.717) is 44.7 Å². The molecular weight excluding hydrogens is 413 g/mol. The first-order chi connectivity index (χ1) is 14.9. The number of nitrogens with zero attached hydrogens (tertiary/aromatic N) is 3. The molecule has 0 unspecified atom stereocenters. The monoisotopic (exact) mass is 439 g/mol. The lowest BCUT2D eigenvalue weighted by molar-refractivity contribution is -0.132. The van der Waals surface area contributed by atoms with Gasteiger partial charge in [0.15, 0.2) is 5.78 Å². The van der Waals surface area contributed by atoms with Gasteiger partial charge in [0.05, 0.1) is 13.0 Å². The average molecular weight is 440 g/mol. The van der Waals surface area contributed by atoms with Gasteiger partial charge < -0.3 is 9.47 Å². The highest BCUT2D eigenvalue weighted by atomic mass is 32.1. The van der Waals surface area contributed by atoms with Gasteiger partial charge in [0.1, 0.15) is 5.82 Å². The Morgan fingerprint density at radius 1 is 1.03 bits per heavy atom. The summed E-state index contributed by atoms with van der Waals surface area (Å²) in [6, 6.07) is 12.1. The lowest BCUT2D eigenvalue weighted by atomic mass is 10.1. The van der Waals surface area contributed by atoms with Crippen LogP contribution in [0.25, 0.3) is 5.69 Å². The fourth-order valence-corrected chi connectivity index (χ4v) is 4.85. The molecule has 0 aliphatic carbocycles. The lowest BCUT2D eigenvalue weighted by Gasteiger charge is -2.34. The molecule has 1 aromatic carbocycles. The van der Waals surface area contributed by atoms with E-state index < -0.39 is 0 Å². The molecule has 7 heteroatoms. The topological polar surface area (TPSA) is 45.6 Å². The summed E-state index contributed by atoms with van der Waals surface area (Å²) in [5, 5.41) is 1.99. The number of benzene rings is 1. The number of aromatic nitrogens is 1. The van der Waals surface area contributed by atoms with Gasteiger partial charge in [-0.05, 0) is 55.6 Å². The van der Waals surface area contributed by atoms with E-state index in [2.05, 4.69) is 4.90 Å². The molecule has 0 radical (unpaired) electrons. The van der Waals surface area contributed by atoms with Gasteiger partial charge in [-0.15, -0.1) is 11.3 Å². The van der Waals surface area contributed by atoms with Crippen molar-refractivity contribution in [3.05, 3.63) is 75.5 Å². The van der Waals surface area contributed by atoms with Crippen molar-refractivity contribution in [1.29, 1.82) is 0 Å². The average Bonchev–Trinajstić information content (AvgIpc) is 3.37. The maximum Gasteiger partial charge on any atom is 0.227 e. The summed E-state index contributed by atoms with van der Waals surface area (Å²) < 4.78 is 15.3. The zero-order chi connectivity index (χ0) is 22.0. The first-order valence-corrected chi connectivity index (χ1v) is 11.3. The third-order valence-corrected chi connectivity index (χ3v) is 6.69. The van der Waals surface area contributed by atoms with Gasteiger partial charge >= 0.3 is 0 Å². The molecule has 2 aromatic heterocycles. The van der Waals surface area contributed by atoms with Crippen molar-refractivity contribution >= 4 is 23.0 Å². The van der Waals surface area contributed by atoms with Gasteiger partial charge in [-0.2, -0.15) is 0 Å². The standard InChI is InChI=1S/C24H26FN3O2S/c1-17-14-22(18(2)28(17)20-7-5-19(25)6-8-20)23(29)16-26-9-11-27(12-10-26)24(30)15-21-4-3-13-31-21/h3-8,13-14H,9-12,15-16H2,1-2H3. The smallest absolute Gasteiger partial charge is 0.227 e. The van der Waals surface area contributed by atoms with Gasteiger partial charge in [0.2, 0.25) is 5.91 Å². The number of piperazine rings is 1. The van der Waals surface area contributed by atoms with Gasteiger partial charge in [-0.3, -0.25) is 14.5 Å². The summed E-state index contributed by atoms with van der Waals surface area (Å²) in [6.07, 6.45) is 0.450. The van der Waals surface area contributed by atoms with Crippen LogP contribution >= 0.6 is 11.3 Å². The Morgan fingerprint density at radius 2 is 1.74 bits per heavy atom. The fraction of sp³-hybridized carbons (Fsp3) is 0.333. The quantitative estimate of drug-likeness (QED) is 0.548. The number of aryl methyl sites for hydroxylation is 1. The SMILES string of the molecule is Cc1cc(C(=O)CN2CCN(C(=O)Cc3cccs3)CC2)c(C)n1-c1ccc(F)cc1. The first kappa shape index (κ1) is 21.5. The predicted octanol–water partition coefficient (Wildman–Crippen LogP) is 3.86. The third-order valence-electron chi connectivity index (χ3n) is 5.81. The van der Waals surface area contributed by atoms with Gasteiger partial charge in [-0.1, -0.05) is 6.07 Å². The largest absolute Gasteiger partial charge is 0.340 e. The molecule has 4 rings (SSSR count). The first-order valence-electron chi connectivity index (χ1n) is 10.4. The highest BCUT2D eigenvalue weighted by Crippen LogP contribution is 2.22. The molecule has 31 heavy (non-hydrogen) atoms. The van der Waals surface area contributed by atoms with Crippen molar-refractivity contribution in [3.63, 3.8) is 0 Å². The molecule has 5 nitrogen and oxygen atoms in total. The number of halogens is 1. The summed E-state index contributed by atoms with van der Waals surface area (Å²) in [5.74, 6) is -0.0633. The summed E-state index contributed by atoms with van der Waals surface area (Å²) in [4.78, 5) is 30.6. The summed E-state index contributed by atoms with van der Waals surface area (Å²) >= 11 is 1.60. The van der Waals surface area contributed by atoms with E-state index in [4.69, 9.17) is 0 Å². The van der Waals surface area contributed by atoms with Crippen LogP contribution in [0.15, 0.2) is 47.8 Å². The normalized spacial score (nSPS) is 14.7. The Balaban J connectivity index is 1.37. The number of hydrogen-bond acceptors (Lipinski definition) is 4. The van der Waals surface area contributed by atoms with Crippen molar-refractivity contribution in [2.45, 2.75) is 20.3 Å². The van der Waals surface area contributed by atoms with Crippen LogP contribution in [0.5, 0.6) is 0 Å². The van der Waals surface area contributed by atoms with E-state index in [0.717, 1.165) is 22.0 Å². The molecule has 0 atom stereocenters. The number of Topliss-reactive ketones (excluding diaryl/α,β-unsaturated/α-hetero) is 1. The molecule has 1 aliphatic rings. The van der Waals surface area contributed by atoms with E-state index in [1.54, 1.807) is 23.5 Å². The number of hydrogen-bond donors (Lipinski definition) is 0. The van der Waals surface area contributed by atoms with Gasteiger partial charge in [-0.25, -0.2) is 4.39 Å².